The van der Waals surface area contributed by atoms with Crippen molar-refractivity contribution in [1.82, 2.24) is 29.4 Å². The summed E-state index contributed by atoms with van der Waals surface area (Å²) in [5.74, 6) is 0. The predicted molar refractivity (Wildman–Crippen MR) is 269 cm³/mol. The van der Waals surface area contributed by atoms with E-state index in [1.165, 1.54) is 41.7 Å². The normalized spacial score (nSPS) is 11.6. The van der Waals surface area contributed by atoms with Crippen molar-refractivity contribution >= 4 is 74.9 Å². The second-order valence-electron chi connectivity index (χ2n) is 15.9. The van der Waals surface area contributed by atoms with Crippen molar-refractivity contribution < 1.29 is 34.9 Å². The molecule has 70 heavy (non-hydrogen) atoms. The summed E-state index contributed by atoms with van der Waals surface area (Å²) in [5.41, 5.74) is 6.26. The molecule has 20 nitrogen and oxygen atoms in total. The van der Waals surface area contributed by atoms with E-state index in [1.807, 2.05) is 67.6 Å². The van der Waals surface area contributed by atoms with Crippen LogP contribution in [0.25, 0.3) is 22.1 Å². The van der Waals surface area contributed by atoms with Crippen molar-refractivity contribution in [2.45, 2.75) is 40.2 Å². The number of hydrogen-bond acceptors (Lipinski definition) is 16. The monoisotopic (exact) mass is 1010 g/mol. The van der Waals surface area contributed by atoms with Gasteiger partial charge in [-0.25, -0.2) is 45.2 Å². The third-order valence-corrected chi connectivity index (χ3v) is 14.1. The van der Waals surface area contributed by atoms with Gasteiger partial charge in [0.25, 0.3) is 11.1 Å². The molecule has 0 atom stereocenters. The van der Waals surface area contributed by atoms with E-state index in [9.17, 15) is 34.8 Å². The minimum Gasteiger partial charge on any atom is -0.404 e. The van der Waals surface area contributed by atoms with Crippen LogP contribution in [-0.4, -0.2) is 73.4 Å². The summed E-state index contributed by atoms with van der Waals surface area (Å²) in [4.78, 5) is 54.4. The van der Waals surface area contributed by atoms with E-state index in [1.54, 1.807) is 43.3 Å². The molecule has 0 aliphatic carbocycles. The quantitative estimate of drug-likeness (QED) is 0.111. The molecule has 8 rings (SSSR count). The molecular weight excluding hydrogens is 961 g/mol. The maximum atomic E-state index is 12.9. The fourth-order valence-corrected chi connectivity index (χ4v) is 10.7. The van der Waals surface area contributed by atoms with Gasteiger partial charge in [0.15, 0.2) is 11.3 Å². The van der Waals surface area contributed by atoms with Crippen LogP contribution in [0.3, 0.4) is 0 Å². The molecule has 0 saturated heterocycles. The molecule has 0 fully saturated rings. The molecule has 8 aromatic rings. The lowest BCUT2D eigenvalue weighted by molar-refractivity contribution is 0.0979. The highest BCUT2D eigenvalue weighted by molar-refractivity contribution is 8.09. The second-order valence-corrected chi connectivity index (χ2v) is 21.5. The average Bonchev–Trinajstić information content (AvgIpc) is 3.30. The van der Waals surface area contributed by atoms with Crippen LogP contribution in [-0.2, 0) is 56.4 Å². The molecule has 0 aliphatic rings. The third kappa shape index (κ3) is 12.6. The molecule has 0 bridgehead atoms. The van der Waals surface area contributed by atoms with E-state index in [0.717, 1.165) is 45.8 Å². The zero-order chi connectivity index (χ0) is 50.2. The van der Waals surface area contributed by atoms with Gasteiger partial charge in [0.05, 0.1) is 58.0 Å². The van der Waals surface area contributed by atoms with Crippen molar-refractivity contribution in [2.75, 3.05) is 37.8 Å². The molecule has 4 heterocycles. The van der Waals surface area contributed by atoms with Gasteiger partial charge in [-0.05, 0) is 60.4 Å². The number of pyridine rings is 2. The molecule has 0 radical (unpaired) electrons. The van der Waals surface area contributed by atoms with Gasteiger partial charge in [-0.2, -0.15) is 3.71 Å². The molecule has 23 heteroatoms. The van der Waals surface area contributed by atoms with Crippen LogP contribution in [0.1, 0.15) is 33.6 Å². The number of benzene rings is 4. The van der Waals surface area contributed by atoms with Crippen molar-refractivity contribution in [1.29, 1.82) is 0 Å². The summed E-state index contributed by atoms with van der Waals surface area (Å²) in [7, 11) is -11.4. The van der Waals surface area contributed by atoms with E-state index in [2.05, 4.69) is 35.3 Å². The van der Waals surface area contributed by atoms with Crippen LogP contribution in [0.2, 0.25) is 0 Å². The van der Waals surface area contributed by atoms with Crippen LogP contribution < -0.4 is 39.9 Å². The maximum absolute atomic E-state index is 12.9. The van der Waals surface area contributed by atoms with Crippen LogP contribution >= 0.6 is 0 Å². The number of hydrogen-bond donors (Lipinski definition) is 3. The summed E-state index contributed by atoms with van der Waals surface area (Å²) in [6.07, 6.45) is 5.51. The summed E-state index contributed by atoms with van der Waals surface area (Å²) in [5, 5.41) is 7.75. The molecule has 4 aromatic carbocycles. The molecule has 0 aliphatic heterocycles. The first kappa shape index (κ1) is 50.0. The first-order valence-electron chi connectivity index (χ1n) is 21.2. The van der Waals surface area contributed by atoms with Gasteiger partial charge in [0.2, 0.25) is 30.1 Å². The molecule has 0 saturated carbocycles. The Labute approximate surface area is 403 Å². The zero-order valence-corrected chi connectivity index (χ0v) is 40.9. The van der Waals surface area contributed by atoms with Gasteiger partial charge in [0.1, 0.15) is 25.9 Å². The van der Waals surface area contributed by atoms with Crippen LogP contribution in [0.4, 0.5) is 22.7 Å². The number of aromatic nitrogens is 6. The Bertz CT molecular complexity index is 3590. The number of nitrogens with one attached hydrogen (secondary N) is 3. The number of nitrogens with zero attached hydrogens (tertiary/aromatic N) is 7. The molecular formula is C47H48N10O10S3. The molecule has 3 N–H and O–H groups in total. The average molecular weight is 1010 g/mol. The van der Waals surface area contributed by atoms with Gasteiger partial charge in [-0.3, -0.25) is 14.3 Å². The van der Waals surface area contributed by atoms with E-state index < -0.39 is 35.6 Å². The Hall–Kier alpha value is -7.89. The van der Waals surface area contributed by atoms with Gasteiger partial charge in [0, 0.05) is 30.9 Å². The van der Waals surface area contributed by atoms with Crippen LogP contribution in [0.15, 0.2) is 144 Å². The van der Waals surface area contributed by atoms with Crippen LogP contribution in [0, 0.1) is 13.8 Å². The number of fused-ring (bicyclic) bond motifs is 2. The molecule has 364 valence electrons. The van der Waals surface area contributed by atoms with Crippen molar-refractivity contribution in [3.63, 3.8) is 0 Å². The molecule has 0 spiro atoms. The van der Waals surface area contributed by atoms with Gasteiger partial charge >= 0.3 is 0 Å². The summed E-state index contributed by atoms with van der Waals surface area (Å²) >= 11 is 0. The highest BCUT2D eigenvalue weighted by Gasteiger charge is 2.27. The summed E-state index contributed by atoms with van der Waals surface area (Å²) in [6, 6.07) is 34.8. The first-order chi connectivity index (χ1) is 33.2. The summed E-state index contributed by atoms with van der Waals surface area (Å²) in [6.45, 7) is 4.70. The Morgan fingerprint density at radius 3 is 1.31 bits per heavy atom. The maximum Gasteiger partial charge on any atom is 0.287 e. The second kappa shape index (κ2) is 21.2. The Balaban J connectivity index is 0.000000208. The van der Waals surface area contributed by atoms with Crippen molar-refractivity contribution in [3.05, 3.63) is 188 Å². The minimum atomic E-state index is -4.04. The van der Waals surface area contributed by atoms with Gasteiger partial charge < -0.3 is 20.3 Å². The topological polar surface area (TPSA) is 256 Å². The lowest BCUT2D eigenvalue weighted by Gasteiger charge is -2.20. The van der Waals surface area contributed by atoms with Crippen molar-refractivity contribution in [3.8, 4) is 0 Å². The van der Waals surface area contributed by atoms with Gasteiger partial charge in [-0.15, -0.1) is 9.46 Å². The zero-order valence-electron chi connectivity index (χ0n) is 38.5. The minimum absolute atomic E-state index is 0.00149. The highest BCUT2D eigenvalue weighted by Crippen LogP contribution is 2.26. The number of aryl methyl sites for hydroxylation is 2. The number of rotatable bonds is 17. The SMILES string of the molecule is Cc1ncnc2c1c(NCc1ccc(N(S(C)(=O)=O)S(C)(=O)=O)cc1)cc(=O)n2OCc1ccccc1.Cc1ncnc2c1c(NCc1ccc(NS(C)(=O)=O)cc1)cc(=O)n2OCc1ccccc1. The lowest BCUT2D eigenvalue weighted by atomic mass is 10.2. The third-order valence-electron chi connectivity index (χ3n) is 10.3. The first-order valence-corrected chi connectivity index (χ1v) is 26.8. The lowest BCUT2D eigenvalue weighted by Crippen LogP contribution is -2.35. The number of sulfonamides is 3. The molecule has 4 aromatic heterocycles. The smallest absolute Gasteiger partial charge is 0.287 e. The predicted octanol–water partition coefficient (Wildman–Crippen LogP) is 4.78. The van der Waals surface area contributed by atoms with E-state index in [0.29, 0.717) is 60.8 Å². The Morgan fingerprint density at radius 2 is 0.929 bits per heavy atom. The fourth-order valence-electron chi connectivity index (χ4n) is 7.20. The molecule has 0 unspecified atom stereocenters. The van der Waals surface area contributed by atoms with Gasteiger partial charge in [-0.1, -0.05) is 84.9 Å². The van der Waals surface area contributed by atoms with Crippen LogP contribution in [0.5, 0.6) is 0 Å². The standard InChI is InChI=1S/C24H25N5O6S2.C23H23N5O4S/c1-17-23-21(25-14-18-9-11-20(12-10-18)29(36(2,31)32)37(3,33)34)13-22(30)28(24(23)27-16-26-17)35-15-19-7-5-4-6-8-19;1-16-22-20(24-13-17-8-10-19(11-9-17)27-33(2,30)31)12-21(29)28(23(22)26-15-25-16)32-14-18-6-4-3-5-7-18/h4-13,16,25H,14-15H2,1-3H3;3-12,15,24,27H,13-14H2,1-2H3. The Kier molecular flexibility index (Phi) is 15.1. The molecule has 0 amide bonds. The summed E-state index contributed by atoms with van der Waals surface area (Å²) < 4.78 is 75.8. The van der Waals surface area contributed by atoms with Crippen molar-refractivity contribution in [2.24, 2.45) is 0 Å². The van der Waals surface area contributed by atoms with E-state index in [-0.39, 0.29) is 31.0 Å². The highest BCUT2D eigenvalue weighted by atomic mass is 32.3. The van der Waals surface area contributed by atoms with E-state index in [4.69, 9.17) is 9.68 Å². The largest absolute Gasteiger partial charge is 0.404 e. The number of anilines is 4. The fraction of sp³-hybridized carbons (Fsp3) is 0.191. The Morgan fingerprint density at radius 1 is 0.529 bits per heavy atom. The van der Waals surface area contributed by atoms with E-state index >= 15 is 0 Å².